The lowest BCUT2D eigenvalue weighted by Gasteiger charge is -2.19. The molecule has 0 atom stereocenters. The lowest BCUT2D eigenvalue weighted by atomic mass is 9.86. The van der Waals surface area contributed by atoms with E-state index in [0.717, 1.165) is 28.2 Å². The average Bonchev–Trinajstić information content (AvgIpc) is 3.34. The highest BCUT2D eigenvalue weighted by atomic mass is 16.1. The van der Waals surface area contributed by atoms with Crippen LogP contribution in [0.15, 0.2) is 85.3 Å². The van der Waals surface area contributed by atoms with E-state index >= 15 is 0 Å². The number of fused-ring (bicyclic) bond motifs is 1. The number of imidazole rings is 1. The molecule has 5 rings (SSSR count). The summed E-state index contributed by atoms with van der Waals surface area (Å²) in [6.07, 6.45) is 5.55. The Balaban J connectivity index is 1.46. The lowest BCUT2D eigenvalue weighted by Crippen LogP contribution is -2.15. The molecule has 7 heteroatoms. The Morgan fingerprint density at radius 2 is 1.76 bits per heavy atom. The predicted octanol–water partition coefficient (Wildman–Crippen LogP) is 6.58. The number of aromatic nitrogens is 3. The number of nitrogens with one attached hydrogen (secondary N) is 2. The highest BCUT2D eigenvalue weighted by molar-refractivity contribution is 6.05. The van der Waals surface area contributed by atoms with Crippen molar-refractivity contribution in [2.45, 2.75) is 33.1 Å². The second-order valence-electron chi connectivity index (χ2n) is 10.1. The molecule has 5 aromatic rings. The van der Waals surface area contributed by atoms with Gasteiger partial charge in [0, 0.05) is 46.8 Å². The van der Waals surface area contributed by atoms with Crippen molar-refractivity contribution in [1.82, 2.24) is 14.4 Å². The highest BCUT2D eigenvalue weighted by Crippen LogP contribution is 2.31. The standard InChI is InChI=1S/C30H30N6O/c1-19-24(9-6-10-25(19)35-29(37)20-11-13-21(14-12-20)30(2,3)4)26-18-36-16-15-32-28(36)27(34-26)33-23-8-5-7-22(31)17-23/h5-18H,31H2,1-4H3,(H,33,34)(H,35,37). The van der Waals surface area contributed by atoms with Gasteiger partial charge in [-0.25, -0.2) is 9.97 Å². The van der Waals surface area contributed by atoms with Crippen LogP contribution >= 0.6 is 0 Å². The zero-order valence-electron chi connectivity index (χ0n) is 21.4. The Bertz CT molecular complexity index is 1600. The van der Waals surface area contributed by atoms with Crippen LogP contribution in [0.4, 0.5) is 22.9 Å². The zero-order chi connectivity index (χ0) is 26.2. The van der Waals surface area contributed by atoms with Crippen LogP contribution in [-0.2, 0) is 5.41 Å². The van der Waals surface area contributed by atoms with E-state index in [1.165, 1.54) is 5.56 Å². The van der Waals surface area contributed by atoms with Gasteiger partial charge in [0.25, 0.3) is 5.91 Å². The summed E-state index contributed by atoms with van der Waals surface area (Å²) in [5, 5.41) is 6.41. The molecule has 37 heavy (non-hydrogen) atoms. The SMILES string of the molecule is Cc1c(NC(=O)c2ccc(C(C)(C)C)cc2)cccc1-c1cn2ccnc2c(Nc2cccc(N)c2)n1. The molecule has 0 unspecified atom stereocenters. The molecule has 0 aliphatic rings. The topological polar surface area (TPSA) is 97.3 Å². The molecule has 0 saturated heterocycles. The van der Waals surface area contributed by atoms with E-state index in [9.17, 15) is 4.79 Å². The molecule has 0 aliphatic carbocycles. The van der Waals surface area contributed by atoms with Gasteiger partial charge in [0.2, 0.25) is 0 Å². The number of carbonyl (C=O) groups is 1. The minimum Gasteiger partial charge on any atom is -0.399 e. The first-order valence-electron chi connectivity index (χ1n) is 12.2. The maximum atomic E-state index is 13.0. The number of benzene rings is 3. The maximum absolute atomic E-state index is 13.0. The van der Waals surface area contributed by atoms with Crippen molar-refractivity contribution < 1.29 is 4.79 Å². The van der Waals surface area contributed by atoms with E-state index < -0.39 is 0 Å². The lowest BCUT2D eigenvalue weighted by molar-refractivity contribution is 0.102. The number of anilines is 4. The second kappa shape index (κ2) is 9.43. The smallest absolute Gasteiger partial charge is 0.255 e. The second-order valence-corrected chi connectivity index (χ2v) is 10.1. The summed E-state index contributed by atoms with van der Waals surface area (Å²) in [5.74, 6) is 0.462. The fourth-order valence-corrected chi connectivity index (χ4v) is 4.26. The third kappa shape index (κ3) is 5.02. The summed E-state index contributed by atoms with van der Waals surface area (Å²) in [6.45, 7) is 8.45. The number of amides is 1. The van der Waals surface area contributed by atoms with Gasteiger partial charge in [0.1, 0.15) is 0 Å². The van der Waals surface area contributed by atoms with E-state index in [4.69, 9.17) is 10.7 Å². The van der Waals surface area contributed by atoms with Crippen molar-refractivity contribution in [3.63, 3.8) is 0 Å². The van der Waals surface area contributed by atoms with E-state index in [2.05, 4.69) is 36.4 Å². The van der Waals surface area contributed by atoms with Crippen molar-refractivity contribution in [3.05, 3.63) is 102 Å². The van der Waals surface area contributed by atoms with Gasteiger partial charge in [0.15, 0.2) is 11.5 Å². The first-order valence-corrected chi connectivity index (χ1v) is 12.2. The quantitative estimate of drug-likeness (QED) is 0.242. The Labute approximate surface area is 216 Å². The number of rotatable bonds is 5. The summed E-state index contributed by atoms with van der Waals surface area (Å²) in [5.41, 5.74) is 13.3. The number of nitrogens with two attached hydrogens (primary N) is 1. The molecule has 1 amide bonds. The Morgan fingerprint density at radius 1 is 1.00 bits per heavy atom. The molecule has 2 aromatic heterocycles. The molecule has 7 nitrogen and oxygen atoms in total. The van der Waals surface area contributed by atoms with Crippen LogP contribution in [0.5, 0.6) is 0 Å². The van der Waals surface area contributed by atoms with E-state index in [1.54, 1.807) is 6.20 Å². The largest absolute Gasteiger partial charge is 0.399 e. The van der Waals surface area contributed by atoms with Gasteiger partial charge >= 0.3 is 0 Å². The minimum atomic E-state index is -0.150. The van der Waals surface area contributed by atoms with Crippen molar-refractivity contribution in [1.29, 1.82) is 0 Å². The minimum absolute atomic E-state index is 0.0318. The molecule has 0 fully saturated rings. The molecule has 0 aliphatic heterocycles. The van der Waals surface area contributed by atoms with E-state index in [1.807, 2.05) is 90.4 Å². The molecule has 3 aromatic carbocycles. The van der Waals surface area contributed by atoms with Crippen LogP contribution in [0, 0.1) is 6.92 Å². The molecule has 4 N–H and O–H groups in total. The Kier molecular flexibility index (Phi) is 6.13. The fraction of sp³-hybridized carbons (Fsp3) is 0.167. The van der Waals surface area contributed by atoms with Crippen molar-refractivity contribution >= 4 is 34.4 Å². The molecule has 0 radical (unpaired) electrons. The normalized spacial score (nSPS) is 11.5. The van der Waals surface area contributed by atoms with Gasteiger partial charge in [-0.3, -0.25) is 4.79 Å². The maximum Gasteiger partial charge on any atom is 0.255 e. The molecular formula is C30H30N6O. The summed E-state index contributed by atoms with van der Waals surface area (Å²) in [7, 11) is 0. The van der Waals surface area contributed by atoms with Crippen LogP contribution in [-0.4, -0.2) is 20.3 Å². The van der Waals surface area contributed by atoms with Crippen LogP contribution < -0.4 is 16.4 Å². The van der Waals surface area contributed by atoms with Crippen molar-refractivity contribution in [2.75, 3.05) is 16.4 Å². The molecule has 0 bridgehead atoms. The fourth-order valence-electron chi connectivity index (χ4n) is 4.26. The third-order valence-corrected chi connectivity index (χ3v) is 6.39. The van der Waals surface area contributed by atoms with Gasteiger partial charge in [-0.2, -0.15) is 0 Å². The van der Waals surface area contributed by atoms with Crippen molar-refractivity contribution in [3.8, 4) is 11.3 Å². The number of hydrogen-bond donors (Lipinski definition) is 3. The molecule has 0 saturated carbocycles. The monoisotopic (exact) mass is 490 g/mol. The molecular weight excluding hydrogens is 460 g/mol. The first kappa shape index (κ1) is 24.1. The molecule has 0 spiro atoms. The van der Waals surface area contributed by atoms with Crippen LogP contribution in [0.25, 0.3) is 16.9 Å². The number of nitrogens with zero attached hydrogens (tertiary/aromatic N) is 3. The first-order chi connectivity index (χ1) is 17.7. The molecule has 186 valence electrons. The van der Waals surface area contributed by atoms with Gasteiger partial charge in [-0.05, 0) is 59.9 Å². The van der Waals surface area contributed by atoms with Crippen LogP contribution in [0.3, 0.4) is 0 Å². The van der Waals surface area contributed by atoms with Gasteiger partial charge in [0.05, 0.1) is 5.69 Å². The van der Waals surface area contributed by atoms with Crippen molar-refractivity contribution in [2.24, 2.45) is 0 Å². The number of hydrogen-bond acceptors (Lipinski definition) is 5. The summed E-state index contributed by atoms with van der Waals surface area (Å²) >= 11 is 0. The highest BCUT2D eigenvalue weighted by Gasteiger charge is 2.17. The van der Waals surface area contributed by atoms with Crippen LogP contribution in [0.1, 0.15) is 42.3 Å². The number of nitrogen functional groups attached to an aromatic ring is 1. The van der Waals surface area contributed by atoms with E-state index in [-0.39, 0.29) is 11.3 Å². The summed E-state index contributed by atoms with van der Waals surface area (Å²) < 4.78 is 1.93. The van der Waals surface area contributed by atoms with Gasteiger partial charge in [-0.1, -0.05) is 51.1 Å². The van der Waals surface area contributed by atoms with Gasteiger partial charge < -0.3 is 20.8 Å². The average molecular weight is 491 g/mol. The molecule has 2 heterocycles. The Hall–Kier alpha value is -4.65. The summed E-state index contributed by atoms with van der Waals surface area (Å²) in [4.78, 5) is 22.4. The predicted molar refractivity (Wildman–Crippen MR) is 150 cm³/mol. The Morgan fingerprint density at radius 3 is 2.49 bits per heavy atom. The van der Waals surface area contributed by atoms with Crippen LogP contribution in [0.2, 0.25) is 0 Å². The summed E-state index contributed by atoms with van der Waals surface area (Å²) in [6, 6.07) is 21.1. The number of carbonyl (C=O) groups excluding carboxylic acids is 1. The van der Waals surface area contributed by atoms with Gasteiger partial charge in [-0.15, -0.1) is 0 Å². The van der Waals surface area contributed by atoms with E-state index in [0.29, 0.717) is 22.7 Å². The third-order valence-electron chi connectivity index (χ3n) is 6.39. The zero-order valence-corrected chi connectivity index (χ0v) is 21.4.